The maximum Gasteiger partial charge on any atom is 0.131 e. The Balaban J connectivity index is 2.01. The Morgan fingerprint density at radius 3 is 3.00 bits per heavy atom. The number of hydrogen-bond donors (Lipinski definition) is 0. The number of imidazole rings is 1. The minimum absolute atomic E-state index is 0.298. The molecule has 1 saturated heterocycles. The van der Waals surface area contributed by atoms with Crippen molar-refractivity contribution in [3.05, 3.63) is 18.2 Å². The van der Waals surface area contributed by atoms with E-state index in [1.807, 2.05) is 19.6 Å². The van der Waals surface area contributed by atoms with Crippen molar-refractivity contribution in [2.75, 3.05) is 6.54 Å². The molecule has 1 aromatic rings. The first-order chi connectivity index (χ1) is 8.16. The fourth-order valence-corrected chi connectivity index (χ4v) is 2.58. The van der Waals surface area contributed by atoms with Gasteiger partial charge in [0.1, 0.15) is 5.78 Å². The number of carbonyl (C=O) groups is 1. The van der Waals surface area contributed by atoms with Gasteiger partial charge in [0.25, 0.3) is 0 Å². The molecule has 1 unspecified atom stereocenters. The van der Waals surface area contributed by atoms with Crippen molar-refractivity contribution in [3.63, 3.8) is 0 Å². The van der Waals surface area contributed by atoms with Crippen LogP contribution in [0.25, 0.3) is 0 Å². The molecule has 1 atom stereocenters. The monoisotopic (exact) mass is 235 g/mol. The van der Waals surface area contributed by atoms with Gasteiger partial charge < -0.3 is 4.57 Å². The van der Waals surface area contributed by atoms with Crippen LogP contribution in [0.1, 0.15) is 38.3 Å². The predicted molar refractivity (Wildman–Crippen MR) is 66.6 cm³/mol. The number of hydrogen-bond acceptors (Lipinski definition) is 3. The van der Waals surface area contributed by atoms with E-state index in [1.165, 1.54) is 18.5 Å². The Labute approximate surface area is 103 Å². The fraction of sp³-hybridized carbons (Fsp3) is 0.692. The number of Topliss-reactive ketones (excluding diaryl/α,β-unsaturated/α-hetero) is 1. The minimum atomic E-state index is 0.298. The molecule has 1 aliphatic rings. The molecule has 0 saturated carbocycles. The van der Waals surface area contributed by atoms with E-state index in [2.05, 4.69) is 14.5 Å². The summed E-state index contributed by atoms with van der Waals surface area (Å²) < 4.78 is 2.05. The minimum Gasteiger partial charge on any atom is -0.337 e. The lowest BCUT2D eigenvalue weighted by molar-refractivity contribution is -0.118. The summed E-state index contributed by atoms with van der Waals surface area (Å²) in [5, 5.41) is 0. The molecule has 0 aromatic carbocycles. The van der Waals surface area contributed by atoms with Crippen molar-refractivity contribution < 1.29 is 4.79 Å². The molecule has 2 heterocycles. The highest BCUT2D eigenvalue weighted by Gasteiger charge is 2.24. The molecule has 4 heteroatoms. The Hall–Kier alpha value is -1.16. The Morgan fingerprint density at radius 2 is 2.35 bits per heavy atom. The molecule has 4 nitrogen and oxygen atoms in total. The van der Waals surface area contributed by atoms with Crippen LogP contribution >= 0.6 is 0 Å². The van der Waals surface area contributed by atoms with Crippen molar-refractivity contribution in [3.8, 4) is 0 Å². The molecule has 0 spiro atoms. The third-order valence-electron chi connectivity index (χ3n) is 3.55. The largest absolute Gasteiger partial charge is 0.337 e. The zero-order chi connectivity index (χ0) is 12.3. The van der Waals surface area contributed by atoms with Crippen LogP contribution in [0, 0.1) is 0 Å². The van der Waals surface area contributed by atoms with E-state index in [9.17, 15) is 4.79 Å². The van der Waals surface area contributed by atoms with Gasteiger partial charge in [0.05, 0.1) is 12.0 Å². The number of nitrogens with zero attached hydrogens (tertiary/aromatic N) is 3. The number of ketones is 1. The summed E-state index contributed by atoms with van der Waals surface area (Å²) in [5.74, 6) is 0.298. The molecule has 94 valence electrons. The van der Waals surface area contributed by atoms with Crippen molar-refractivity contribution in [2.24, 2.45) is 7.05 Å². The summed E-state index contributed by atoms with van der Waals surface area (Å²) in [6.45, 7) is 3.70. The molecular formula is C13H21N3O. The number of rotatable bonds is 4. The van der Waals surface area contributed by atoms with E-state index in [0.29, 0.717) is 18.2 Å². The zero-order valence-electron chi connectivity index (χ0n) is 10.7. The quantitative estimate of drug-likeness (QED) is 0.798. The zero-order valence-corrected chi connectivity index (χ0v) is 10.7. The maximum absolute atomic E-state index is 11.3. The number of piperidine rings is 1. The first kappa shape index (κ1) is 12.3. The summed E-state index contributed by atoms with van der Waals surface area (Å²) in [6.07, 6.45) is 8.08. The van der Waals surface area contributed by atoms with E-state index < -0.39 is 0 Å². The average molecular weight is 235 g/mol. The van der Waals surface area contributed by atoms with Gasteiger partial charge in [-0.15, -0.1) is 0 Å². The van der Waals surface area contributed by atoms with Crippen LogP contribution in [0.4, 0.5) is 0 Å². The van der Waals surface area contributed by atoms with Crippen molar-refractivity contribution in [1.82, 2.24) is 14.5 Å². The highest BCUT2D eigenvalue weighted by Crippen LogP contribution is 2.21. The van der Waals surface area contributed by atoms with Gasteiger partial charge in [-0.3, -0.25) is 9.69 Å². The lowest BCUT2D eigenvalue weighted by Crippen LogP contribution is -2.40. The first-order valence-corrected chi connectivity index (χ1v) is 6.35. The predicted octanol–water partition coefficient (Wildman–Crippen LogP) is 1.75. The molecule has 0 amide bonds. The molecule has 0 N–H and O–H groups in total. The molecule has 0 aliphatic carbocycles. The van der Waals surface area contributed by atoms with Gasteiger partial charge in [0.15, 0.2) is 0 Å². The topological polar surface area (TPSA) is 38.1 Å². The maximum atomic E-state index is 11.3. The van der Waals surface area contributed by atoms with Crippen LogP contribution in [0.3, 0.4) is 0 Å². The second-order valence-corrected chi connectivity index (χ2v) is 5.02. The Bertz CT molecular complexity index is 386. The number of aryl methyl sites for hydroxylation is 1. The highest BCUT2D eigenvalue weighted by molar-refractivity contribution is 5.76. The fourth-order valence-electron chi connectivity index (χ4n) is 2.58. The van der Waals surface area contributed by atoms with Gasteiger partial charge >= 0.3 is 0 Å². The van der Waals surface area contributed by atoms with E-state index in [-0.39, 0.29) is 0 Å². The van der Waals surface area contributed by atoms with Crippen LogP contribution in [0.2, 0.25) is 0 Å². The van der Waals surface area contributed by atoms with Gasteiger partial charge in [-0.2, -0.15) is 0 Å². The van der Waals surface area contributed by atoms with Crippen molar-refractivity contribution in [2.45, 2.75) is 45.2 Å². The van der Waals surface area contributed by atoms with Crippen LogP contribution in [-0.2, 0) is 18.4 Å². The van der Waals surface area contributed by atoms with E-state index in [1.54, 1.807) is 6.92 Å². The van der Waals surface area contributed by atoms with Crippen molar-refractivity contribution >= 4 is 5.78 Å². The molecule has 1 fully saturated rings. The molecule has 2 rings (SSSR count). The van der Waals surface area contributed by atoms with Gasteiger partial charge in [-0.05, 0) is 26.3 Å². The van der Waals surface area contributed by atoms with Crippen LogP contribution in [0.15, 0.2) is 12.5 Å². The number of carbonyl (C=O) groups excluding carboxylic acids is 1. The number of likely N-dealkylation sites (tertiary alicyclic amines) is 1. The second-order valence-electron chi connectivity index (χ2n) is 5.02. The van der Waals surface area contributed by atoms with Crippen LogP contribution < -0.4 is 0 Å². The molecule has 1 aromatic heterocycles. The van der Waals surface area contributed by atoms with Gasteiger partial charge in [-0.1, -0.05) is 6.42 Å². The van der Waals surface area contributed by atoms with E-state index in [4.69, 9.17) is 0 Å². The third kappa shape index (κ3) is 3.16. The van der Waals surface area contributed by atoms with E-state index >= 15 is 0 Å². The summed E-state index contributed by atoms with van der Waals surface area (Å²) in [5.41, 5.74) is 1.22. The second kappa shape index (κ2) is 5.45. The van der Waals surface area contributed by atoms with Gasteiger partial charge in [0.2, 0.25) is 0 Å². The van der Waals surface area contributed by atoms with Gasteiger partial charge in [0, 0.05) is 32.3 Å². The van der Waals surface area contributed by atoms with Gasteiger partial charge in [-0.25, -0.2) is 4.98 Å². The first-order valence-electron chi connectivity index (χ1n) is 6.35. The third-order valence-corrected chi connectivity index (χ3v) is 3.55. The molecular weight excluding hydrogens is 214 g/mol. The number of aromatic nitrogens is 2. The highest BCUT2D eigenvalue weighted by atomic mass is 16.1. The summed E-state index contributed by atoms with van der Waals surface area (Å²) in [6, 6.07) is 0.427. The Kier molecular flexibility index (Phi) is 3.94. The standard InChI is InChI=1S/C13H21N3O/c1-11(17)7-12-5-3-4-6-16(12)9-13-8-14-10-15(13)2/h8,10,12H,3-7,9H2,1-2H3. The van der Waals surface area contributed by atoms with Crippen molar-refractivity contribution in [1.29, 1.82) is 0 Å². The molecule has 1 aliphatic heterocycles. The average Bonchev–Trinajstić information content (AvgIpc) is 2.67. The van der Waals surface area contributed by atoms with Crippen LogP contribution in [0.5, 0.6) is 0 Å². The lowest BCUT2D eigenvalue weighted by Gasteiger charge is -2.35. The molecule has 0 radical (unpaired) electrons. The lowest BCUT2D eigenvalue weighted by atomic mass is 9.97. The summed E-state index contributed by atoms with van der Waals surface area (Å²) >= 11 is 0. The summed E-state index contributed by atoms with van der Waals surface area (Å²) in [4.78, 5) is 17.9. The normalized spacial score (nSPS) is 21.6. The van der Waals surface area contributed by atoms with Crippen LogP contribution in [-0.4, -0.2) is 32.8 Å². The smallest absolute Gasteiger partial charge is 0.131 e. The SMILES string of the molecule is CC(=O)CC1CCCCN1Cc1cncn1C. The summed E-state index contributed by atoms with van der Waals surface area (Å²) in [7, 11) is 2.02. The molecule has 0 bridgehead atoms. The Morgan fingerprint density at radius 1 is 1.53 bits per heavy atom. The van der Waals surface area contributed by atoms with E-state index in [0.717, 1.165) is 19.5 Å². The molecule has 17 heavy (non-hydrogen) atoms.